The zero-order valence-corrected chi connectivity index (χ0v) is 14.1. The second kappa shape index (κ2) is 6.22. The topological polar surface area (TPSA) is 75.1 Å². The molecule has 0 radical (unpaired) electrons. The molecule has 0 amide bonds. The number of rotatable bonds is 3. The number of pyridine rings is 1. The summed E-state index contributed by atoms with van der Waals surface area (Å²) in [6.45, 7) is 0.899. The van der Waals surface area contributed by atoms with Crippen LogP contribution in [-0.4, -0.2) is 27.3 Å². The molecule has 0 fully saturated rings. The van der Waals surface area contributed by atoms with E-state index in [0.29, 0.717) is 0 Å². The number of hydrogen-bond donors (Lipinski definition) is 2. The molecule has 26 heavy (non-hydrogen) atoms. The Bertz CT molecular complexity index is 955. The van der Waals surface area contributed by atoms with Crippen LogP contribution in [0.2, 0.25) is 0 Å². The second-order valence-corrected chi connectivity index (χ2v) is 6.46. The predicted octanol–water partition coefficient (Wildman–Crippen LogP) is 2.67. The van der Waals surface area contributed by atoms with Crippen molar-refractivity contribution in [2.45, 2.75) is 18.5 Å². The lowest BCUT2D eigenvalue weighted by Gasteiger charge is -2.19. The van der Waals surface area contributed by atoms with E-state index < -0.39 is 0 Å². The molecule has 6 heteroatoms. The largest absolute Gasteiger partial charge is 0.368 e. The highest BCUT2D eigenvalue weighted by Gasteiger charge is 2.33. The standard InChI is InChI=1S/C20H18N6/c1-2-4-14(5-3-1)19-25-17(13-6-9-21-10-7-13)18(26-19)16-12-23-20-15(24-16)8-11-22-20/h1-7,9-10,12,17-18H,8,11H2,(H,22,23)(H,25,26). The van der Waals surface area contributed by atoms with Gasteiger partial charge in [0.05, 0.1) is 23.6 Å². The number of nitrogens with one attached hydrogen (secondary N) is 2. The van der Waals surface area contributed by atoms with E-state index in [0.717, 1.165) is 47.1 Å². The Kier molecular flexibility index (Phi) is 3.59. The molecule has 1 aromatic carbocycles. The maximum absolute atomic E-state index is 4.97. The number of aliphatic imine (C=N–C) groups is 1. The highest BCUT2D eigenvalue weighted by atomic mass is 15.2. The molecule has 0 saturated heterocycles. The lowest BCUT2D eigenvalue weighted by Crippen LogP contribution is -2.26. The predicted molar refractivity (Wildman–Crippen MR) is 100 cm³/mol. The van der Waals surface area contributed by atoms with Gasteiger partial charge < -0.3 is 10.6 Å². The number of anilines is 1. The Morgan fingerprint density at radius 2 is 1.85 bits per heavy atom. The molecule has 2 atom stereocenters. The molecule has 2 N–H and O–H groups in total. The smallest absolute Gasteiger partial charge is 0.147 e. The minimum absolute atomic E-state index is 0.0500. The molecule has 3 aromatic rings. The maximum Gasteiger partial charge on any atom is 0.147 e. The molecule has 4 heterocycles. The fraction of sp³-hybridized carbons (Fsp3) is 0.200. The van der Waals surface area contributed by atoms with Crippen molar-refractivity contribution in [3.05, 3.63) is 83.6 Å². The molecule has 6 nitrogen and oxygen atoms in total. The minimum Gasteiger partial charge on any atom is -0.368 e. The van der Waals surface area contributed by atoms with E-state index in [9.17, 15) is 0 Å². The van der Waals surface area contributed by atoms with E-state index in [2.05, 4.69) is 32.7 Å². The fourth-order valence-electron chi connectivity index (χ4n) is 3.51. The summed E-state index contributed by atoms with van der Waals surface area (Å²) in [5.41, 5.74) is 4.14. The summed E-state index contributed by atoms with van der Waals surface area (Å²) in [5, 5.41) is 6.83. The molecule has 2 aliphatic rings. The van der Waals surface area contributed by atoms with Crippen LogP contribution in [0.15, 0.2) is 66.0 Å². The van der Waals surface area contributed by atoms with Crippen LogP contribution in [0.3, 0.4) is 0 Å². The van der Waals surface area contributed by atoms with E-state index in [4.69, 9.17) is 9.98 Å². The Balaban J connectivity index is 1.55. The van der Waals surface area contributed by atoms with Gasteiger partial charge in [0, 0.05) is 30.9 Å². The normalized spacial score (nSPS) is 20.8. The van der Waals surface area contributed by atoms with Crippen molar-refractivity contribution < 1.29 is 0 Å². The third kappa shape index (κ3) is 2.60. The molecule has 2 aromatic heterocycles. The van der Waals surface area contributed by atoms with E-state index in [1.807, 2.05) is 36.5 Å². The van der Waals surface area contributed by atoms with E-state index in [1.54, 1.807) is 12.4 Å². The SMILES string of the molecule is c1ccc(C2=NC(c3ccncc3)C(c3cnc4c(n3)CCN4)N2)cc1. The van der Waals surface area contributed by atoms with Gasteiger partial charge in [0.1, 0.15) is 17.7 Å². The van der Waals surface area contributed by atoms with E-state index >= 15 is 0 Å². The average Bonchev–Trinajstić information content (AvgIpc) is 3.36. The lowest BCUT2D eigenvalue weighted by atomic mass is 9.99. The van der Waals surface area contributed by atoms with Gasteiger partial charge in [-0.1, -0.05) is 30.3 Å². The average molecular weight is 342 g/mol. The molecule has 2 aliphatic heterocycles. The van der Waals surface area contributed by atoms with Crippen LogP contribution >= 0.6 is 0 Å². The van der Waals surface area contributed by atoms with Gasteiger partial charge in [0.2, 0.25) is 0 Å². The van der Waals surface area contributed by atoms with Crippen molar-refractivity contribution in [3.8, 4) is 0 Å². The summed E-state index contributed by atoms with van der Waals surface area (Å²) in [6, 6.07) is 14.1. The van der Waals surface area contributed by atoms with Crippen molar-refractivity contribution in [2.24, 2.45) is 4.99 Å². The fourth-order valence-corrected chi connectivity index (χ4v) is 3.51. The molecule has 2 unspecified atom stereocenters. The summed E-state index contributed by atoms with van der Waals surface area (Å²) in [5.74, 6) is 1.79. The Morgan fingerprint density at radius 3 is 2.69 bits per heavy atom. The number of amidine groups is 1. The summed E-state index contributed by atoms with van der Waals surface area (Å²) in [7, 11) is 0. The van der Waals surface area contributed by atoms with Crippen molar-refractivity contribution in [1.82, 2.24) is 20.3 Å². The van der Waals surface area contributed by atoms with Crippen molar-refractivity contribution in [1.29, 1.82) is 0 Å². The van der Waals surface area contributed by atoms with Crippen LogP contribution in [0.25, 0.3) is 0 Å². The maximum atomic E-state index is 4.97. The first-order chi connectivity index (χ1) is 12.9. The molecular weight excluding hydrogens is 324 g/mol. The molecule has 0 bridgehead atoms. The molecule has 0 aliphatic carbocycles. The summed E-state index contributed by atoms with van der Waals surface area (Å²) >= 11 is 0. The van der Waals surface area contributed by atoms with Gasteiger partial charge in [-0.05, 0) is 17.7 Å². The van der Waals surface area contributed by atoms with Gasteiger partial charge >= 0.3 is 0 Å². The van der Waals surface area contributed by atoms with Crippen LogP contribution < -0.4 is 10.6 Å². The monoisotopic (exact) mass is 342 g/mol. The first-order valence-corrected chi connectivity index (χ1v) is 8.78. The number of aromatic nitrogens is 3. The van der Waals surface area contributed by atoms with E-state index in [-0.39, 0.29) is 12.1 Å². The first kappa shape index (κ1) is 15.0. The van der Waals surface area contributed by atoms with Gasteiger partial charge in [-0.3, -0.25) is 15.0 Å². The van der Waals surface area contributed by atoms with Gasteiger partial charge in [-0.2, -0.15) is 0 Å². The van der Waals surface area contributed by atoms with Gasteiger partial charge in [0.25, 0.3) is 0 Å². The highest BCUT2D eigenvalue weighted by molar-refractivity contribution is 6.00. The van der Waals surface area contributed by atoms with Crippen molar-refractivity contribution >= 4 is 11.7 Å². The number of benzene rings is 1. The second-order valence-electron chi connectivity index (χ2n) is 6.46. The lowest BCUT2D eigenvalue weighted by molar-refractivity contribution is 0.553. The summed E-state index contributed by atoms with van der Waals surface area (Å²) < 4.78 is 0. The van der Waals surface area contributed by atoms with E-state index in [1.165, 1.54) is 0 Å². The van der Waals surface area contributed by atoms with Crippen LogP contribution in [0.4, 0.5) is 5.82 Å². The third-order valence-corrected chi connectivity index (χ3v) is 4.81. The third-order valence-electron chi connectivity index (χ3n) is 4.81. The Labute approximate surface area is 151 Å². The highest BCUT2D eigenvalue weighted by Crippen LogP contribution is 2.36. The number of fused-ring (bicyclic) bond motifs is 1. The zero-order valence-electron chi connectivity index (χ0n) is 14.1. The molecule has 0 spiro atoms. The van der Waals surface area contributed by atoms with Crippen LogP contribution in [0.5, 0.6) is 0 Å². The Hall–Kier alpha value is -3.28. The number of nitrogens with zero attached hydrogens (tertiary/aromatic N) is 4. The van der Waals surface area contributed by atoms with Crippen molar-refractivity contribution in [3.63, 3.8) is 0 Å². The quantitative estimate of drug-likeness (QED) is 0.765. The van der Waals surface area contributed by atoms with Gasteiger partial charge in [0.15, 0.2) is 0 Å². The molecule has 0 saturated carbocycles. The molecular formula is C20H18N6. The summed E-state index contributed by atoms with van der Waals surface area (Å²) in [4.78, 5) is 18.5. The molecule has 128 valence electrons. The van der Waals surface area contributed by atoms with Crippen molar-refractivity contribution in [2.75, 3.05) is 11.9 Å². The zero-order chi connectivity index (χ0) is 17.3. The van der Waals surface area contributed by atoms with Crippen LogP contribution in [0.1, 0.15) is 34.6 Å². The minimum atomic E-state index is -0.0603. The Morgan fingerprint density at radius 1 is 1.00 bits per heavy atom. The summed E-state index contributed by atoms with van der Waals surface area (Å²) in [6.07, 6.45) is 6.38. The van der Waals surface area contributed by atoms with Crippen LogP contribution in [0, 0.1) is 0 Å². The van der Waals surface area contributed by atoms with Gasteiger partial charge in [-0.25, -0.2) is 4.98 Å². The first-order valence-electron chi connectivity index (χ1n) is 8.78. The van der Waals surface area contributed by atoms with Gasteiger partial charge in [-0.15, -0.1) is 0 Å². The number of hydrogen-bond acceptors (Lipinski definition) is 6. The molecule has 5 rings (SSSR count). The van der Waals surface area contributed by atoms with Crippen LogP contribution in [-0.2, 0) is 6.42 Å².